The van der Waals surface area contributed by atoms with E-state index in [4.69, 9.17) is 9.84 Å². The first-order chi connectivity index (χ1) is 13.0. The number of aliphatic hydroxyl groups is 1. The number of carbonyl (C=O) groups excluding carboxylic acids is 1. The van der Waals surface area contributed by atoms with Crippen molar-refractivity contribution in [2.45, 2.75) is 17.7 Å². The minimum absolute atomic E-state index is 0.0125. The lowest BCUT2D eigenvalue weighted by Gasteiger charge is -2.19. The van der Waals surface area contributed by atoms with Crippen molar-refractivity contribution in [1.29, 1.82) is 0 Å². The smallest absolute Gasteiger partial charge is 0.264 e. The fourth-order valence-electron chi connectivity index (χ4n) is 2.90. The first-order valence-electron chi connectivity index (χ1n) is 8.73. The van der Waals surface area contributed by atoms with Gasteiger partial charge in [0.25, 0.3) is 15.9 Å². The molecule has 7 nitrogen and oxygen atoms in total. The summed E-state index contributed by atoms with van der Waals surface area (Å²) >= 11 is 0. The van der Waals surface area contributed by atoms with Crippen LogP contribution in [-0.2, 0) is 21.2 Å². The number of rotatable bonds is 8. The summed E-state index contributed by atoms with van der Waals surface area (Å²) in [7, 11) is -3.64. The van der Waals surface area contributed by atoms with Gasteiger partial charge in [0.1, 0.15) is 5.75 Å². The molecule has 1 heterocycles. The maximum absolute atomic E-state index is 12.9. The van der Waals surface area contributed by atoms with E-state index in [-0.39, 0.29) is 24.0 Å². The lowest BCUT2D eigenvalue weighted by molar-refractivity contribution is -0.123. The average molecular weight is 390 g/mol. The number of hydrogen-bond donors (Lipinski definition) is 2. The van der Waals surface area contributed by atoms with Crippen LogP contribution in [0.15, 0.2) is 53.4 Å². The Morgan fingerprint density at radius 3 is 2.63 bits per heavy atom. The van der Waals surface area contributed by atoms with E-state index in [1.54, 1.807) is 0 Å². The first-order valence-corrected chi connectivity index (χ1v) is 10.2. The Morgan fingerprint density at radius 2 is 1.89 bits per heavy atom. The number of fused-ring (bicyclic) bond motifs is 1. The second kappa shape index (κ2) is 8.41. The van der Waals surface area contributed by atoms with Crippen LogP contribution >= 0.6 is 0 Å². The molecule has 0 unspecified atom stereocenters. The van der Waals surface area contributed by atoms with E-state index in [9.17, 15) is 13.2 Å². The summed E-state index contributed by atoms with van der Waals surface area (Å²) in [5, 5.41) is 11.3. The Labute approximate surface area is 158 Å². The largest absolute Gasteiger partial charge is 0.484 e. The lowest BCUT2D eigenvalue weighted by Crippen LogP contribution is -2.30. The van der Waals surface area contributed by atoms with E-state index in [0.29, 0.717) is 31.7 Å². The molecule has 0 aliphatic carbocycles. The molecule has 0 spiro atoms. The number of anilines is 1. The van der Waals surface area contributed by atoms with Crippen LogP contribution in [-0.4, -0.2) is 45.7 Å². The molecule has 0 atom stereocenters. The number of aliphatic hydroxyl groups excluding tert-OH is 1. The number of nitrogens with one attached hydrogen (secondary N) is 1. The average Bonchev–Trinajstić information content (AvgIpc) is 3.12. The highest BCUT2D eigenvalue weighted by molar-refractivity contribution is 7.92. The maximum Gasteiger partial charge on any atom is 0.264 e. The zero-order valence-corrected chi connectivity index (χ0v) is 15.6. The van der Waals surface area contributed by atoms with Crippen molar-refractivity contribution in [2.75, 3.05) is 30.6 Å². The number of benzene rings is 2. The number of amides is 1. The van der Waals surface area contributed by atoms with Crippen LogP contribution in [0, 0.1) is 0 Å². The molecule has 0 bridgehead atoms. The van der Waals surface area contributed by atoms with Gasteiger partial charge in [-0.15, -0.1) is 0 Å². The van der Waals surface area contributed by atoms with Crippen molar-refractivity contribution in [1.82, 2.24) is 5.32 Å². The molecule has 3 rings (SSSR count). The van der Waals surface area contributed by atoms with E-state index < -0.39 is 10.0 Å². The third-order valence-electron chi connectivity index (χ3n) is 4.28. The molecule has 1 aliphatic heterocycles. The summed E-state index contributed by atoms with van der Waals surface area (Å²) in [5.41, 5.74) is 1.74. The molecule has 0 radical (unpaired) electrons. The second-order valence-electron chi connectivity index (χ2n) is 6.14. The van der Waals surface area contributed by atoms with Crippen LogP contribution in [0.4, 0.5) is 5.69 Å². The lowest BCUT2D eigenvalue weighted by atomic mass is 10.2. The summed E-state index contributed by atoms with van der Waals surface area (Å²) in [5.74, 6) is 0.113. The monoisotopic (exact) mass is 390 g/mol. The highest BCUT2D eigenvalue weighted by atomic mass is 32.2. The van der Waals surface area contributed by atoms with E-state index in [1.807, 2.05) is 24.3 Å². The van der Waals surface area contributed by atoms with Crippen LogP contribution < -0.4 is 14.4 Å². The third kappa shape index (κ3) is 4.40. The zero-order chi connectivity index (χ0) is 19.3. The van der Waals surface area contributed by atoms with Gasteiger partial charge in [0, 0.05) is 19.7 Å². The molecule has 27 heavy (non-hydrogen) atoms. The van der Waals surface area contributed by atoms with E-state index in [0.717, 1.165) is 11.3 Å². The Bertz CT molecular complexity index is 897. The first kappa shape index (κ1) is 19.2. The molecule has 0 saturated carbocycles. The molecule has 0 aromatic heterocycles. The van der Waals surface area contributed by atoms with Crippen molar-refractivity contribution >= 4 is 21.6 Å². The molecule has 8 heteroatoms. The summed E-state index contributed by atoms with van der Waals surface area (Å²) in [4.78, 5) is 11.8. The molecule has 2 aromatic rings. The van der Waals surface area contributed by atoms with Crippen LogP contribution in [0.25, 0.3) is 0 Å². The Hall–Kier alpha value is -2.58. The van der Waals surface area contributed by atoms with Crippen molar-refractivity contribution in [2.24, 2.45) is 0 Å². The fraction of sp³-hybridized carbons (Fsp3) is 0.316. The minimum Gasteiger partial charge on any atom is -0.484 e. The van der Waals surface area contributed by atoms with Gasteiger partial charge in [-0.2, -0.15) is 0 Å². The molecule has 1 amide bonds. The van der Waals surface area contributed by atoms with Gasteiger partial charge in [-0.25, -0.2) is 8.42 Å². The van der Waals surface area contributed by atoms with Crippen molar-refractivity contribution in [3.05, 3.63) is 54.1 Å². The number of ether oxygens (including phenoxy) is 1. The highest BCUT2D eigenvalue weighted by Gasteiger charge is 2.30. The predicted molar refractivity (Wildman–Crippen MR) is 101 cm³/mol. The molecule has 0 fully saturated rings. The van der Waals surface area contributed by atoms with Crippen LogP contribution in [0.2, 0.25) is 0 Å². The van der Waals surface area contributed by atoms with Crippen molar-refractivity contribution in [3.63, 3.8) is 0 Å². The van der Waals surface area contributed by atoms with Gasteiger partial charge in [-0.3, -0.25) is 9.10 Å². The molecule has 0 saturated heterocycles. The zero-order valence-electron chi connectivity index (χ0n) is 14.8. The molecule has 2 aromatic carbocycles. The van der Waals surface area contributed by atoms with Crippen LogP contribution in [0.3, 0.4) is 0 Å². The summed E-state index contributed by atoms with van der Waals surface area (Å²) in [6, 6.07) is 13.5. The predicted octanol–water partition coefficient (Wildman–Crippen LogP) is 1.32. The Balaban J connectivity index is 1.64. The molecular weight excluding hydrogens is 368 g/mol. The van der Waals surface area contributed by atoms with Gasteiger partial charge >= 0.3 is 0 Å². The minimum atomic E-state index is -3.64. The molecule has 1 aliphatic rings. The van der Waals surface area contributed by atoms with Gasteiger partial charge in [-0.05, 0) is 48.7 Å². The van der Waals surface area contributed by atoms with Crippen LogP contribution in [0.1, 0.15) is 12.0 Å². The van der Waals surface area contributed by atoms with Crippen molar-refractivity contribution < 1.29 is 23.1 Å². The number of hydrogen-bond acceptors (Lipinski definition) is 5. The second-order valence-corrected chi connectivity index (χ2v) is 8.01. The molecule has 144 valence electrons. The summed E-state index contributed by atoms with van der Waals surface area (Å²) in [6.45, 7) is 0.650. The quantitative estimate of drug-likeness (QED) is 0.663. The van der Waals surface area contributed by atoms with Crippen LogP contribution in [0.5, 0.6) is 5.75 Å². The standard InChI is InChI=1S/C19H22N2O5S/c22-13-3-11-20-19(23)14-26-16-6-8-17(9-7-16)27(24,25)21-12-10-15-4-1-2-5-18(15)21/h1-2,4-9,22H,3,10-14H2,(H,20,23). The van der Waals surface area contributed by atoms with Gasteiger partial charge < -0.3 is 15.2 Å². The van der Waals surface area contributed by atoms with Gasteiger partial charge in [0.2, 0.25) is 0 Å². The number of carbonyl (C=O) groups is 1. The summed E-state index contributed by atoms with van der Waals surface area (Å²) in [6.07, 6.45) is 1.18. The normalized spacial score (nSPS) is 13.3. The Morgan fingerprint density at radius 1 is 1.15 bits per heavy atom. The number of nitrogens with zero attached hydrogens (tertiary/aromatic N) is 1. The summed E-state index contributed by atoms with van der Waals surface area (Å²) < 4.78 is 32.6. The topological polar surface area (TPSA) is 95.9 Å². The van der Waals surface area contributed by atoms with E-state index in [1.165, 1.54) is 28.6 Å². The highest BCUT2D eigenvalue weighted by Crippen LogP contribution is 2.32. The number of para-hydroxylation sites is 1. The van der Waals surface area contributed by atoms with E-state index >= 15 is 0 Å². The SMILES string of the molecule is O=C(COc1ccc(S(=O)(=O)N2CCc3ccccc32)cc1)NCCCO. The maximum atomic E-state index is 12.9. The van der Waals surface area contributed by atoms with Gasteiger partial charge in [0.05, 0.1) is 10.6 Å². The van der Waals surface area contributed by atoms with Gasteiger partial charge in [0.15, 0.2) is 6.61 Å². The number of sulfonamides is 1. The molecular formula is C19H22N2O5S. The van der Waals surface area contributed by atoms with Gasteiger partial charge in [-0.1, -0.05) is 18.2 Å². The fourth-order valence-corrected chi connectivity index (χ4v) is 4.40. The van der Waals surface area contributed by atoms with E-state index in [2.05, 4.69) is 5.32 Å². The Kier molecular flexibility index (Phi) is 5.98. The molecule has 2 N–H and O–H groups in total. The third-order valence-corrected chi connectivity index (χ3v) is 6.11. The van der Waals surface area contributed by atoms with Crippen molar-refractivity contribution in [3.8, 4) is 5.75 Å².